The predicted octanol–water partition coefficient (Wildman–Crippen LogP) is 5.68. The Morgan fingerprint density at radius 1 is 0.684 bits per heavy atom. The molecule has 0 aliphatic rings. The standard InChI is InChI=1S/C19H24/c1-14(2)13-16-5-7-18(8-6-16)19-11-9-17(10-12-19)15(3)4/h5-12,14-15H,13H2,1-4H3. The van der Waals surface area contributed by atoms with E-state index in [2.05, 4.69) is 76.2 Å². The second-order valence-electron chi connectivity index (χ2n) is 6.07. The van der Waals surface area contributed by atoms with Crippen LogP contribution in [0, 0.1) is 5.92 Å². The van der Waals surface area contributed by atoms with Gasteiger partial charge in [-0.3, -0.25) is 0 Å². The number of benzene rings is 2. The van der Waals surface area contributed by atoms with E-state index in [-0.39, 0.29) is 0 Å². The monoisotopic (exact) mass is 252 g/mol. The first-order valence-electron chi connectivity index (χ1n) is 7.25. The van der Waals surface area contributed by atoms with Crippen LogP contribution in [0.4, 0.5) is 0 Å². The molecule has 0 spiro atoms. The van der Waals surface area contributed by atoms with Gasteiger partial charge in [0.2, 0.25) is 0 Å². The molecule has 0 saturated heterocycles. The van der Waals surface area contributed by atoms with Gasteiger partial charge in [0.25, 0.3) is 0 Å². The lowest BCUT2D eigenvalue weighted by Gasteiger charge is -2.09. The third kappa shape index (κ3) is 3.70. The predicted molar refractivity (Wildman–Crippen MR) is 84.5 cm³/mol. The summed E-state index contributed by atoms with van der Waals surface area (Å²) in [5, 5.41) is 0. The minimum absolute atomic E-state index is 0.600. The highest BCUT2D eigenvalue weighted by atomic mass is 14.1. The van der Waals surface area contributed by atoms with E-state index in [1.807, 2.05) is 0 Å². The molecule has 0 N–H and O–H groups in total. The number of hydrogen-bond donors (Lipinski definition) is 0. The van der Waals surface area contributed by atoms with Gasteiger partial charge in [0.05, 0.1) is 0 Å². The minimum atomic E-state index is 0.600. The van der Waals surface area contributed by atoms with E-state index in [1.165, 1.54) is 22.3 Å². The molecule has 0 aliphatic carbocycles. The summed E-state index contributed by atoms with van der Waals surface area (Å²) in [7, 11) is 0. The van der Waals surface area contributed by atoms with Crippen LogP contribution < -0.4 is 0 Å². The van der Waals surface area contributed by atoms with Gasteiger partial charge in [0.1, 0.15) is 0 Å². The lowest BCUT2D eigenvalue weighted by atomic mass is 9.97. The molecule has 0 aromatic heterocycles. The Hall–Kier alpha value is -1.56. The minimum Gasteiger partial charge on any atom is -0.0625 e. The summed E-state index contributed by atoms with van der Waals surface area (Å²) < 4.78 is 0. The molecule has 2 rings (SSSR count). The topological polar surface area (TPSA) is 0 Å². The van der Waals surface area contributed by atoms with Crippen LogP contribution in [0.1, 0.15) is 44.7 Å². The first-order chi connectivity index (χ1) is 9.06. The molecule has 2 aromatic rings. The van der Waals surface area contributed by atoms with Gasteiger partial charge in [0.15, 0.2) is 0 Å². The summed E-state index contributed by atoms with van der Waals surface area (Å²) in [4.78, 5) is 0. The van der Waals surface area contributed by atoms with Gasteiger partial charge in [-0.25, -0.2) is 0 Å². The molecular formula is C19H24. The fourth-order valence-corrected chi connectivity index (χ4v) is 2.37. The molecule has 0 heterocycles. The van der Waals surface area contributed by atoms with E-state index >= 15 is 0 Å². The summed E-state index contributed by atoms with van der Waals surface area (Å²) in [6.07, 6.45) is 1.16. The van der Waals surface area contributed by atoms with Crippen LogP contribution in [0.25, 0.3) is 11.1 Å². The summed E-state index contributed by atoms with van der Waals surface area (Å²) >= 11 is 0. The van der Waals surface area contributed by atoms with Gasteiger partial charge in [0, 0.05) is 0 Å². The zero-order valence-electron chi connectivity index (χ0n) is 12.5. The Labute approximate surface area is 117 Å². The van der Waals surface area contributed by atoms with Gasteiger partial charge >= 0.3 is 0 Å². The third-order valence-corrected chi connectivity index (χ3v) is 3.51. The van der Waals surface area contributed by atoms with Crippen LogP contribution in [0.5, 0.6) is 0 Å². The smallest absolute Gasteiger partial charge is 0.0184 e. The molecule has 0 aliphatic heterocycles. The average molecular weight is 252 g/mol. The molecule has 0 radical (unpaired) electrons. The fraction of sp³-hybridized carbons (Fsp3) is 0.368. The SMILES string of the molecule is CC(C)Cc1ccc(-c2ccc(C(C)C)cc2)cc1. The molecule has 100 valence electrons. The zero-order chi connectivity index (χ0) is 13.8. The van der Waals surface area contributed by atoms with Crippen LogP contribution in [0.3, 0.4) is 0 Å². The van der Waals surface area contributed by atoms with Crippen LogP contribution in [0.2, 0.25) is 0 Å². The van der Waals surface area contributed by atoms with Crippen LogP contribution in [-0.4, -0.2) is 0 Å². The van der Waals surface area contributed by atoms with Crippen molar-refractivity contribution in [3.05, 3.63) is 59.7 Å². The molecule has 0 fully saturated rings. The van der Waals surface area contributed by atoms with Gasteiger partial charge in [-0.1, -0.05) is 76.2 Å². The number of hydrogen-bond acceptors (Lipinski definition) is 0. The van der Waals surface area contributed by atoms with E-state index < -0.39 is 0 Å². The van der Waals surface area contributed by atoms with Crippen molar-refractivity contribution in [3.8, 4) is 11.1 Å². The van der Waals surface area contributed by atoms with E-state index in [0.29, 0.717) is 5.92 Å². The van der Waals surface area contributed by atoms with Gasteiger partial charge < -0.3 is 0 Å². The van der Waals surface area contributed by atoms with E-state index in [0.717, 1.165) is 12.3 Å². The fourth-order valence-electron chi connectivity index (χ4n) is 2.37. The maximum absolute atomic E-state index is 2.26. The van der Waals surface area contributed by atoms with Crippen LogP contribution >= 0.6 is 0 Å². The van der Waals surface area contributed by atoms with Crippen LogP contribution in [0.15, 0.2) is 48.5 Å². The summed E-state index contributed by atoms with van der Waals surface area (Å²) in [6.45, 7) is 8.99. The van der Waals surface area contributed by atoms with Crippen LogP contribution in [-0.2, 0) is 6.42 Å². The maximum Gasteiger partial charge on any atom is -0.0184 e. The second kappa shape index (κ2) is 6.06. The maximum atomic E-state index is 2.26. The molecule has 19 heavy (non-hydrogen) atoms. The van der Waals surface area contributed by atoms with E-state index in [1.54, 1.807) is 0 Å². The summed E-state index contributed by atoms with van der Waals surface area (Å²) in [5.41, 5.74) is 5.45. The first-order valence-corrected chi connectivity index (χ1v) is 7.25. The van der Waals surface area contributed by atoms with Gasteiger partial charge in [-0.05, 0) is 40.5 Å². The van der Waals surface area contributed by atoms with Gasteiger partial charge in [-0.2, -0.15) is 0 Å². The highest BCUT2D eigenvalue weighted by molar-refractivity contribution is 5.64. The third-order valence-electron chi connectivity index (χ3n) is 3.51. The normalized spacial score (nSPS) is 11.3. The Morgan fingerprint density at radius 2 is 1.16 bits per heavy atom. The van der Waals surface area contributed by atoms with Crippen molar-refractivity contribution in [1.29, 1.82) is 0 Å². The largest absolute Gasteiger partial charge is 0.0625 e. The first kappa shape index (κ1) is 13.9. The van der Waals surface area contributed by atoms with Crippen molar-refractivity contribution in [1.82, 2.24) is 0 Å². The Morgan fingerprint density at radius 3 is 1.58 bits per heavy atom. The Balaban J connectivity index is 2.17. The lowest BCUT2D eigenvalue weighted by Crippen LogP contribution is -1.93. The molecule has 0 unspecified atom stereocenters. The lowest BCUT2D eigenvalue weighted by molar-refractivity contribution is 0.647. The van der Waals surface area contributed by atoms with Crippen molar-refractivity contribution >= 4 is 0 Å². The number of rotatable bonds is 4. The van der Waals surface area contributed by atoms with Crippen molar-refractivity contribution in [3.63, 3.8) is 0 Å². The van der Waals surface area contributed by atoms with Crippen molar-refractivity contribution in [2.45, 2.75) is 40.0 Å². The Bertz CT molecular complexity index is 501. The van der Waals surface area contributed by atoms with E-state index in [9.17, 15) is 0 Å². The van der Waals surface area contributed by atoms with Crippen molar-refractivity contribution in [2.24, 2.45) is 5.92 Å². The van der Waals surface area contributed by atoms with Crippen molar-refractivity contribution < 1.29 is 0 Å². The quantitative estimate of drug-likeness (QED) is 0.657. The molecule has 0 amide bonds. The molecule has 0 atom stereocenters. The molecule has 0 heteroatoms. The highest BCUT2D eigenvalue weighted by Crippen LogP contribution is 2.23. The Kier molecular flexibility index (Phi) is 4.42. The molecular weight excluding hydrogens is 228 g/mol. The molecule has 0 bridgehead atoms. The second-order valence-corrected chi connectivity index (χ2v) is 6.07. The molecule has 0 nitrogen and oxygen atoms in total. The van der Waals surface area contributed by atoms with Gasteiger partial charge in [-0.15, -0.1) is 0 Å². The summed E-state index contributed by atoms with van der Waals surface area (Å²) in [5.74, 6) is 1.32. The zero-order valence-corrected chi connectivity index (χ0v) is 12.5. The molecule has 0 saturated carbocycles. The molecule has 2 aromatic carbocycles. The van der Waals surface area contributed by atoms with E-state index in [4.69, 9.17) is 0 Å². The highest BCUT2D eigenvalue weighted by Gasteiger charge is 2.02. The van der Waals surface area contributed by atoms with Crippen molar-refractivity contribution in [2.75, 3.05) is 0 Å². The average Bonchev–Trinajstić information content (AvgIpc) is 2.39. The summed E-state index contributed by atoms with van der Waals surface area (Å²) in [6, 6.07) is 17.9.